The quantitative estimate of drug-likeness (QED) is 0.927. The molecule has 0 aromatic carbocycles. The van der Waals surface area contributed by atoms with Crippen molar-refractivity contribution < 1.29 is 9.18 Å². The Balaban J connectivity index is 1.94. The maximum Gasteiger partial charge on any atom is 0.226 e. The molecule has 0 bridgehead atoms. The number of aromatic nitrogens is 1. The summed E-state index contributed by atoms with van der Waals surface area (Å²) in [5.74, 6) is -0.102. The van der Waals surface area contributed by atoms with Gasteiger partial charge in [0, 0.05) is 29.8 Å². The normalized spacial score (nSPS) is 15.7. The SMILES string of the molecule is CC(C)NC(=O)C1CN(c2ncc(Br)cc2F)C1. The molecule has 1 N–H and O–H groups in total. The van der Waals surface area contributed by atoms with E-state index in [9.17, 15) is 9.18 Å². The molecule has 18 heavy (non-hydrogen) atoms. The first kappa shape index (κ1) is 13.3. The van der Waals surface area contributed by atoms with Crippen molar-refractivity contribution in [3.05, 3.63) is 22.6 Å². The third-order valence-electron chi connectivity index (χ3n) is 2.77. The number of hydrogen-bond acceptors (Lipinski definition) is 3. The molecular formula is C12H15BrFN3O. The Morgan fingerprint density at radius 2 is 2.28 bits per heavy atom. The molecule has 2 rings (SSSR count). The van der Waals surface area contributed by atoms with E-state index in [1.807, 2.05) is 13.8 Å². The fourth-order valence-electron chi connectivity index (χ4n) is 1.86. The van der Waals surface area contributed by atoms with E-state index in [0.29, 0.717) is 23.4 Å². The van der Waals surface area contributed by atoms with E-state index in [0.717, 1.165) is 0 Å². The van der Waals surface area contributed by atoms with Gasteiger partial charge in [0.2, 0.25) is 5.91 Å². The zero-order valence-electron chi connectivity index (χ0n) is 10.3. The van der Waals surface area contributed by atoms with Crippen molar-refractivity contribution in [1.29, 1.82) is 0 Å². The van der Waals surface area contributed by atoms with Crippen LogP contribution in [-0.2, 0) is 4.79 Å². The van der Waals surface area contributed by atoms with Gasteiger partial charge in [-0.1, -0.05) is 0 Å². The second-order valence-electron chi connectivity index (χ2n) is 4.72. The second-order valence-corrected chi connectivity index (χ2v) is 5.64. The van der Waals surface area contributed by atoms with E-state index in [4.69, 9.17) is 0 Å². The molecule has 1 aliphatic heterocycles. The Morgan fingerprint density at radius 3 is 2.83 bits per heavy atom. The summed E-state index contributed by atoms with van der Waals surface area (Å²) in [5, 5.41) is 2.85. The van der Waals surface area contributed by atoms with E-state index in [1.54, 1.807) is 11.1 Å². The molecule has 1 fully saturated rings. The van der Waals surface area contributed by atoms with Crippen LogP contribution in [0.1, 0.15) is 13.8 Å². The first-order valence-electron chi connectivity index (χ1n) is 5.83. The Kier molecular flexibility index (Phi) is 3.85. The number of carbonyl (C=O) groups is 1. The number of pyridine rings is 1. The van der Waals surface area contributed by atoms with Crippen LogP contribution in [0.5, 0.6) is 0 Å². The molecule has 1 aromatic rings. The fourth-order valence-corrected chi connectivity index (χ4v) is 2.16. The average molecular weight is 316 g/mol. The summed E-state index contributed by atoms with van der Waals surface area (Å²) in [4.78, 5) is 17.5. The number of anilines is 1. The molecule has 4 nitrogen and oxygen atoms in total. The van der Waals surface area contributed by atoms with Gasteiger partial charge in [-0.05, 0) is 35.8 Å². The highest BCUT2D eigenvalue weighted by molar-refractivity contribution is 9.10. The highest BCUT2D eigenvalue weighted by Gasteiger charge is 2.34. The number of nitrogens with one attached hydrogen (secondary N) is 1. The molecule has 2 heterocycles. The Labute approximate surface area is 114 Å². The fraction of sp³-hybridized carbons (Fsp3) is 0.500. The summed E-state index contributed by atoms with van der Waals surface area (Å²) in [6.07, 6.45) is 1.56. The lowest BCUT2D eigenvalue weighted by atomic mass is 9.99. The minimum absolute atomic E-state index is 0.0266. The van der Waals surface area contributed by atoms with E-state index in [1.165, 1.54) is 6.07 Å². The summed E-state index contributed by atoms with van der Waals surface area (Å²) < 4.78 is 14.2. The molecule has 98 valence electrons. The first-order chi connectivity index (χ1) is 8.47. The van der Waals surface area contributed by atoms with Gasteiger partial charge < -0.3 is 10.2 Å². The van der Waals surface area contributed by atoms with Crippen LogP contribution in [0, 0.1) is 11.7 Å². The molecular weight excluding hydrogens is 301 g/mol. The summed E-state index contributed by atoms with van der Waals surface area (Å²) in [5.41, 5.74) is 0. The second kappa shape index (κ2) is 5.22. The highest BCUT2D eigenvalue weighted by atomic mass is 79.9. The predicted octanol–water partition coefficient (Wildman–Crippen LogP) is 1.94. The topological polar surface area (TPSA) is 45.2 Å². The number of hydrogen-bond donors (Lipinski definition) is 1. The van der Waals surface area contributed by atoms with Gasteiger partial charge in [0.05, 0.1) is 5.92 Å². The van der Waals surface area contributed by atoms with Gasteiger partial charge in [-0.3, -0.25) is 4.79 Å². The Hall–Kier alpha value is -1.17. The van der Waals surface area contributed by atoms with Crippen LogP contribution in [-0.4, -0.2) is 30.0 Å². The van der Waals surface area contributed by atoms with Crippen LogP contribution in [0.2, 0.25) is 0 Å². The third-order valence-corrected chi connectivity index (χ3v) is 3.20. The number of carbonyl (C=O) groups excluding carboxylic acids is 1. The van der Waals surface area contributed by atoms with Gasteiger partial charge in [-0.2, -0.15) is 0 Å². The molecule has 0 saturated carbocycles. The van der Waals surface area contributed by atoms with Crippen molar-refractivity contribution in [2.45, 2.75) is 19.9 Å². The number of halogens is 2. The van der Waals surface area contributed by atoms with Gasteiger partial charge in [0.1, 0.15) is 0 Å². The molecule has 1 saturated heterocycles. The molecule has 6 heteroatoms. The van der Waals surface area contributed by atoms with Crippen molar-refractivity contribution in [2.24, 2.45) is 5.92 Å². The van der Waals surface area contributed by atoms with Crippen molar-refractivity contribution >= 4 is 27.7 Å². The molecule has 0 atom stereocenters. The number of rotatable bonds is 3. The minimum Gasteiger partial charge on any atom is -0.354 e. The van der Waals surface area contributed by atoms with Crippen LogP contribution in [0.3, 0.4) is 0 Å². The van der Waals surface area contributed by atoms with Crippen LogP contribution in [0.4, 0.5) is 10.2 Å². The van der Waals surface area contributed by atoms with Gasteiger partial charge in [-0.25, -0.2) is 9.37 Å². The van der Waals surface area contributed by atoms with Crippen LogP contribution in [0.15, 0.2) is 16.7 Å². The standard InChI is InChI=1S/C12H15BrFN3O/c1-7(2)16-12(18)8-5-17(6-8)11-10(14)3-9(13)4-15-11/h3-4,7-8H,5-6H2,1-2H3,(H,16,18). The Bertz CT molecular complexity index is 461. The van der Waals surface area contributed by atoms with Crippen molar-refractivity contribution in [1.82, 2.24) is 10.3 Å². The van der Waals surface area contributed by atoms with Crippen molar-refractivity contribution in [3.8, 4) is 0 Å². The predicted molar refractivity (Wildman–Crippen MR) is 70.9 cm³/mol. The van der Waals surface area contributed by atoms with Crippen molar-refractivity contribution in [3.63, 3.8) is 0 Å². The molecule has 0 unspecified atom stereocenters. The van der Waals surface area contributed by atoms with E-state index in [2.05, 4.69) is 26.2 Å². The smallest absolute Gasteiger partial charge is 0.226 e. The van der Waals surface area contributed by atoms with Gasteiger partial charge in [0.15, 0.2) is 11.6 Å². The third kappa shape index (κ3) is 2.80. The molecule has 0 spiro atoms. The van der Waals surface area contributed by atoms with Crippen molar-refractivity contribution in [2.75, 3.05) is 18.0 Å². The van der Waals surface area contributed by atoms with E-state index >= 15 is 0 Å². The summed E-state index contributed by atoms with van der Waals surface area (Å²) in [6, 6.07) is 1.51. The minimum atomic E-state index is -0.368. The molecule has 1 aromatic heterocycles. The van der Waals surface area contributed by atoms with Crippen LogP contribution < -0.4 is 10.2 Å². The summed E-state index contributed by atoms with van der Waals surface area (Å²) in [6.45, 7) is 4.88. The molecule has 1 amide bonds. The molecule has 0 radical (unpaired) electrons. The van der Waals surface area contributed by atoms with E-state index < -0.39 is 0 Å². The lowest BCUT2D eigenvalue weighted by molar-refractivity contribution is -0.126. The van der Waals surface area contributed by atoms with Crippen LogP contribution in [0.25, 0.3) is 0 Å². The molecule has 0 aliphatic carbocycles. The summed E-state index contributed by atoms with van der Waals surface area (Å²) in [7, 11) is 0. The Morgan fingerprint density at radius 1 is 1.61 bits per heavy atom. The van der Waals surface area contributed by atoms with Crippen LogP contribution >= 0.6 is 15.9 Å². The maximum atomic E-state index is 13.6. The zero-order chi connectivity index (χ0) is 13.3. The first-order valence-corrected chi connectivity index (χ1v) is 6.63. The number of amides is 1. The number of nitrogens with zero attached hydrogens (tertiary/aromatic N) is 2. The highest BCUT2D eigenvalue weighted by Crippen LogP contribution is 2.26. The van der Waals surface area contributed by atoms with Gasteiger partial charge in [-0.15, -0.1) is 0 Å². The average Bonchev–Trinajstić information content (AvgIpc) is 2.17. The lowest BCUT2D eigenvalue weighted by Gasteiger charge is -2.39. The zero-order valence-corrected chi connectivity index (χ0v) is 11.9. The van der Waals surface area contributed by atoms with Gasteiger partial charge in [0.25, 0.3) is 0 Å². The lowest BCUT2D eigenvalue weighted by Crippen LogP contribution is -2.55. The molecule has 1 aliphatic rings. The van der Waals surface area contributed by atoms with E-state index in [-0.39, 0.29) is 23.7 Å². The van der Waals surface area contributed by atoms with Gasteiger partial charge >= 0.3 is 0 Å². The monoisotopic (exact) mass is 315 g/mol. The summed E-state index contributed by atoms with van der Waals surface area (Å²) >= 11 is 3.16. The largest absolute Gasteiger partial charge is 0.354 e. The maximum absolute atomic E-state index is 13.6.